The third-order valence-electron chi connectivity index (χ3n) is 4.39. The van der Waals surface area contributed by atoms with Crippen molar-refractivity contribution in [2.75, 3.05) is 31.6 Å². The Morgan fingerprint density at radius 3 is 2.78 bits per heavy atom. The van der Waals surface area contributed by atoms with Crippen LogP contribution in [0.2, 0.25) is 0 Å². The van der Waals surface area contributed by atoms with Crippen molar-refractivity contribution in [3.8, 4) is 0 Å². The second kappa shape index (κ2) is 7.53. The molecule has 0 spiro atoms. The molecule has 0 saturated heterocycles. The number of aliphatic hydroxyl groups is 1. The maximum atomic E-state index is 10.3. The van der Waals surface area contributed by atoms with E-state index in [2.05, 4.69) is 20.2 Å². The average Bonchev–Trinajstić information content (AvgIpc) is 2.85. The summed E-state index contributed by atoms with van der Waals surface area (Å²) < 4.78 is 0. The summed E-state index contributed by atoms with van der Waals surface area (Å²) >= 11 is 0. The van der Waals surface area contributed by atoms with E-state index >= 15 is 0 Å². The predicted octanol–water partition coefficient (Wildman–Crippen LogP) is 1.72. The SMILES string of the molecule is CN(CCC(O)c1ccccc1)c1ncnc2c1CCNCC2. The number of benzene rings is 1. The van der Waals surface area contributed by atoms with Crippen LogP contribution in [0.5, 0.6) is 0 Å². The smallest absolute Gasteiger partial charge is 0.135 e. The van der Waals surface area contributed by atoms with Crippen LogP contribution in [0.25, 0.3) is 0 Å². The summed E-state index contributed by atoms with van der Waals surface area (Å²) in [5, 5.41) is 13.7. The van der Waals surface area contributed by atoms with Gasteiger partial charge in [0.2, 0.25) is 0 Å². The first-order valence-electron chi connectivity index (χ1n) is 8.23. The molecule has 3 rings (SSSR count). The first kappa shape index (κ1) is 15.9. The van der Waals surface area contributed by atoms with Crippen LogP contribution in [0.1, 0.15) is 29.3 Å². The molecule has 0 fully saturated rings. The highest BCUT2D eigenvalue weighted by Gasteiger charge is 2.17. The van der Waals surface area contributed by atoms with Gasteiger partial charge in [-0.25, -0.2) is 9.97 Å². The molecule has 1 aromatic carbocycles. The summed E-state index contributed by atoms with van der Waals surface area (Å²) in [5.74, 6) is 0.999. The molecule has 0 amide bonds. The van der Waals surface area contributed by atoms with Crippen molar-refractivity contribution in [3.05, 3.63) is 53.5 Å². The van der Waals surface area contributed by atoms with Crippen LogP contribution in [0.15, 0.2) is 36.7 Å². The number of fused-ring (bicyclic) bond motifs is 1. The van der Waals surface area contributed by atoms with Gasteiger partial charge >= 0.3 is 0 Å². The first-order chi connectivity index (χ1) is 11.3. The lowest BCUT2D eigenvalue weighted by Gasteiger charge is -2.23. The summed E-state index contributed by atoms with van der Waals surface area (Å²) in [6, 6.07) is 9.81. The number of hydrogen-bond acceptors (Lipinski definition) is 5. The topological polar surface area (TPSA) is 61.3 Å². The molecule has 1 unspecified atom stereocenters. The van der Waals surface area contributed by atoms with E-state index in [1.54, 1.807) is 6.33 Å². The van der Waals surface area contributed by atoms with Crippen molar-refractivity contribution in [1.29, 1.82) is 0 Å². The minimum absolute atomic E-state index is 0.444. The minimum atomic E-state index is -0.444. The van der Waals surface area contributed by atoms with Gasteiger partial charge in [-0.15, -0.1) is 0 Å². The van der Waals surface area contributed by atoms with Gasteiger partial charge in [0, 0.05) is 32.1 Å². The van der Waals surface area contributed by atoms with Crippen LogP contribution < -0.4 is 10.2 Å². The quantitative estimate of drug-likeness (QED) is 0.880. The fraction of sp³-hybridized carbons (Fsp3) is 0.444. The molecule has 2 heterocycles. The highest BCUT2D eigenvalue weighted by atomic mass is 16.3. The summed E-state index contributed by atoms with van der Waals surface area (Å²) in [6.45, 7) is 2.70. The van der Waals surface area contributed by atoms with Gasteiger partial charge in [-0.05, 0) is 24.9 Å². The Kier molecular flexibility index (Phi) is 5.20. The molecule has 2 aromatic rings. The molecule has 0 bridgehead atoms. The van der Waals surface area contributed by atoms with Crippen molar-refractivity contribution >= 4 is 5.82 Å². The van der Waals surface area contributed by atoms with E-state index in [0.29, 0.717) is 6.42 Å². The molecule has 5 heteroatoms. The lowest BCUT2D eigenvalue weighted by molar-refractivity contribution is 0.169. The third-order valence-corrected chi connectivity index (χ3v) is 4.39. The van der Waals surface area contributed by atoms with Gasteiger partial charge < -0.3 is 15.3 Å². The molecule has 1 aliphatic rings. The van der Waals surface area contributed by atoms with Crippen molar-refractivity contribution in [2.45, 2.75) is 25.4 Å². The highest BCUT2D eigenvalue weighted by molar-refractivity contribution is 5.48. The summed E-state index contributed by atoms with van der Waals surface area (Å²) in [6.07, 6.45) is 3.80. The summed E-state index contributed by atoms with van der Waals surface area (Å²) in [4.78, 5) is 11.1. The number of aromatic nitrogens is 2. The van der Waals surface area contributed by atoms with Crippen LogP contribution in [-0.2, 0) is 12.8 Å². The molecule has 0 saturated carbocycles. The minimum Gasteiger partial charge on any atom is -0.388 e. The van der Waals surface area contributed by atoms with Crippen LogP contribution in [0.3, 0.4) is 0 Å². The number of nitrogens with zero attached hydrogens (tertiary/aromatic N) is 3. The second-order valence-corrected chi connectivity index (χ2v) is 6.01. The Hall–Kier alpha value is -1.98. The summed E-state index contributed by atoms with van der Waals surface area (Å²) in [7, 11) is 2.04. The molecule has 23 heavy (non-hydrogen) atoms. The van der Waals surface area contributed by atoms with Crippen LogP contribution in [0.4, 0.5) is 5.82 Å². The lowest BCUT2D eigenvalue weighted by atomic mass is 10.1. The Morgan fingerprint density at radius 2 is 1.96 bits per heavy atom. The number of rotatable bonds is 5. The molecule has 0 aliphatic carbocycles. The lowest BCUT2D eigenvalue weighted by Crippen LogP contribution is -2.24. The average molecular weight is 312 g/mol. The van der Waals surface area contributed by atoms with Crippen molar-refractivity contribution in [1.82, 2.24) is 15.3 Å². The maximum Gasteiger partial charge on any atom is 0.135 e. The number of anilines is 1. The van der Waals surface area contributed by atoms with Gasteiger partial charge in [0.15, 0.2) is 0 Å². The highest BCUT2D eigenvalue weighted by Crippen LogP contribution is 2.23. The molecule has 1 aliphatic heterocycles. The fourth-order valence-electron chi connectivity index (χ4n) is 3.05. The number of nitrogens with one attached hydrogen (secondary N) is 1. The van der Waals surface area contributed by atoms with E-state index in [-0.39, 0.29) is 0 Å². The predicted molar refractivity (Wildman–Crippen MR) is 91.6 cm³/mol. The van der Waals surface area contributed by atoms with Gasteiger partial charge in [-0.2, -0.15) is 0 Å². The van der Waals surface area contributed by atoms with Crippen LogP contribution in [0, 0.1) is 0 Å². The zero-order valence-corrected chi connectivity index (χ0v) is 13.6. The Bertz CT molecular complexity index is 632. The van der Waals surface area contributed by atoms with E-state index in [4.69, 9.17) is 0 Å². The van der Waals surface area contributed by atoms with Crippen LogP contribution >= 0.6 is 0 Å². The largest absolute Gasteiger partial charge is 0.388 e. The van der Waals surface area contributed by atoms with E-state index in [9.17, 15) is 5.11 Å². The molecule has 0 radical (unpaired) electrons. The molecular formula is C18H24N4O. The molecule has 122 valence electrons. The Morgan fingerprint density at radius 1 is 1.17 bits per heavy atom. The fourth-order valence-corrected chi connectivity index (χ4v) is 3.05. The Labute approximate surface area is 137 Å². The normalized spacial score (nSPS) is 15.6. The monoisotopic (exact) mass is 312 g/mol. The number of aliphatic hydroxyl groups excluding tert-OH is 1. The Balaban J connectivity index is 1.68. The standard InChI is InChI=1S/C18H24N4O/c1-22(12-9-17(23)14-5-3-2-4-6-14)18-15-7-10-19-11-8-16(15)20-13-21-18/h2-6,13,17,19,23H,7-12H2,1H3. The van der Waals surface area contributed by atoms with E-state index in [1.807, 2.05) is 37.4 Å². The van der Waals surface area contributed by atoms with Gasteiger partial charge in [0.1, 0.15) is 12.1 Å². The first-order valence-corrected chi connectivity index (χ1v) is 8.23. The van der Waals surface area contributed by atoms with E-state index in [0.717, 1.165) is 49.6 Å². The van der Waals surface area contributed by atoms with E-state index < -0.39 is 6.10 Å². The molecular weight excluding hydrogens is 288 g/mol. The zero-order chi connectivity index (χ0) is 16.1. The van der Waals surface area contributed by atoms with Crippen molar-refractivity contribution < 1.29 is 5.11 Å². The van der Waals surface area contributed by atoms with Crippen molar-refractivity contribution in [3.63, 3.8) is 0 Å². The van der Waals surface area contributed by atoms with Gasteiger partial charge in [-0.3, -0.25) is 0 Å². The molecule has 5 nitrogen and oxygen atoms in total. The van der Waals surface area contributed by atoms with Gasteiger partial charge in [0.25, 0.3) is 0 Å². The molecule has 1 atom stereocenters. The van der Waals surface area contributed by atoms with E-state index in [1.165, 1.54) is 5.56 Å². The maximum absolute atomic E-state index is 10.3. The third kappa shape index (κ3) is 3.86. The zero-order valence-electron chi connectivity index (χ0n) is 13.6. The number of hydrogen-bond donors (Lipinski definition) is 2. The molecule has 2 N–H and O–H groups in total. The van der Waals surface area contributed by atoms with Gasteiger partial charge in [0.05, 0.1) is 11.8 Å². The molecule has 1 aromatic heterocycles. The van der Waals surface area contributed by atoms with Gasteiger partial charge in [-0.1, -0.05) is 30.3 Å². The van der Waals surface area contributed by atoms with Crippen molar-refractivity contribution in [2.24, 2.45) is 0 Å². The summed E-state index contributed by atoms with van der Waals surface area (Å²) in [5.41, 5.74) is 3.36. The second-order valence-electron chi connectivity index (χ2n) is 6.01. The van der Waals surface area contributed by atoms with Crippen LogP contribution in [-0.4, -0.2) is 41.8 Å².